The van der Waals surface area contributed by atoms with E-state index in [1.165, 1.54) is 14.0 Å². The van der Waals surface area contributed by atoms with Crippen LogP contribution in [0.5, 0.6) is 0 Å². The first kappa shape index (κ1) is 31.4. The molecular formula is C25H30FN2O14P. The lowest BCUT2D eigenvalue weighted by atomic mass is 9.88. The Kier molecular flexibility index (Phi) is 9.46. The number of nitrogens with zero attached hydrogens (tertiary/aromatic N) is 1. The summed E-state index contributed by atoms with van der Waals surface area (Å²) in [5, 5.41) is 0. The third-order valence-electron chi connectivity index (χ3n) is 6.91. The molecule has 0 saturated carbocycles. The van der Waals surface area contributed by atoms with Crippen LogP contribution in [0, 0.1) is 0 Å². The van der Waals surface area contributed by atoms with Crippen LogP contribution in [0.15, 0.2) is 52.2 Å². The van der Waals surface area contributed by atoms with Gasteiger partial charge in [0.2, 0.25) is 6.79 Å². The first-order chi connectivity index (χ1) is 20.6. The Morgan fingerprint density at radius 2 is 1.91 bits per heavy atom. The molecule has 0 aliphatic carbocycles. The summed E-state index contributed by atoms with van der Waals surface area (Å²) in [6.07, 6.45) is -3.08. The molecule has 3 saturated heterocycles. The summed E-state index contributed by atoms with van der Waals surface area (Å²) in [4.78, 5) is 38.3. The second-order valence-electron chi connectivity index (χ2n) is 9.93. The number of aromatic nitrogens is 2. The molecule has 2 unspecified atom stereocenters. The molecule has 6 atom stereocenters. The van der Waals surface area contributed by atoms with Crippen LogP contribution in [0.4, 0.5) is 9.18 Å². The lowest BCUT2D eigenvalue weighted by Crippen LogP contribution is -2.51. The van der Waals surface area contributed by atoms with Crippen LogP contribution in [0.1, 0.15) is 18.7 Å². The van der Waals surface area contributed by atoms with Gasteiger partial charge in [-0.2, -0.15) is 0 Å². The van der Waals surface area contributed by atoms with Crippen LogP contribution in [0.3, 0.4) is 0 Å². The molecule has 5 rings (SSSR count). The van der Waals surface area contributed by atoms with E-state index in [4.69, 9.17) is 46.7 Å². The average molecular weight is 632 g/mol. The van der Waals surface area contributed by atoms with Crippen LogP contribution >= 0.6 is 7.82 Å². The van der Waals surface area contributed by atoms with E-state index in [-0.39, 0.29) is 19.8 Å². The molecule has 2 aromatic rings. The molecule has 0 amide bonds. The maximum atomic E-state index is 15.0. The average Bonchev–Trinajstić information content (AvgIpc) is 3.44. The number of fused-ring (bicyclic) bond motifs is 1. The smallest absolute Gasteiger partial charge is 0.426 e. The van der Waals surface area contributed by atoms with Crippen molar-refractivity contribution in [2.45, 2.75) is 49.6 Å². The third-order valence-corrected chi connectivity index (χ3v) is 8.22. The molecule has 0 bridgehead atoms. The van der Waals surface area contributed by atoms with Gasteiger partial charge in [-0.1, -0.05) is 30.3 Å². The van der Waals surface area contributed by atoms with E-state index in [9.17, 15) is 23.3 Å². The summed E-state index contributed by atoms with van der Waals surface area (Å²) in [5.41, 5.74) is -4.55. The summed E-state index contributed by atoms with van der Waals surface area (Å²) in [6.45, 7) is -2.62. The van der Waals surface area contributed by atoms with Gasteiger partial charge in [0.15, 0.2) is 17.9 Å². The fraction of sp³-hybridized carbons (Fsp3) is 0.560. The van der Waals surface area contributed by atoms with Crippen molar-refractivity contribution < 1.29 is 60.5 Å². The molecule has 16 nitrogen and oxygen atoms in total. The Balaban J connectivity index is 1.36. The highest BCUT2D eigenvalue weighted by Crippen LogP contribution is 2.56. The Bertz CT molecular complexity index is 1440. The van der Waals surface area contributed by atoms with Crippen molar-refractivity contribution in [3.63, 3.8) is 0 Å². The fourth-order valence-corrected chi connectivity index (χ4v) is 5.79. The third kappa shape index (κ3) is 6.74. The van der Waals surface area contributed by atoms with Crippen LogP contribution in [0.2, 0.25) is 0 Å². The van der Waals surface area contributed by atoms with E-state index in [2.05, 4.69) is 4.98 Å². The monoisotopic (exact) mass is 632 g/mol. The van der Waals surface area contributed by atoms with Crippen molar-refractivity contribution in [3.05, 3.63) is 69.0 Å². The van der Waals surface area contributed by atoms with Gasteiger partial charge in [0.05, 0.1) is 26.4 Å². The number of aromatic amines is 1. The molecule has 3 aliphatic rings. The first-order valence-corrected chi connectivity index (χ1v) is 14.5. The van der Waals surface area contributed by atoms with Crippen LogP contribution < -0.4 is 11.2 Å². The molecule has 236 valence electrons. The number of carbonyl (C=O) groups is 1. The van der Waals surface area contributed by atoms with Crippen molar-refractivity contribution in [2.24, 2.45) is 0 Å². The van der Waals surface area contributed by atoms with Crippen molar-refractivity contribution in [2.75, 3.05) is 40.4 Å². The zero-order chi connectivity index (χ0) is 30.7. The van der Waals surface area contributed by atoms with Crippen LogP contribution in [0.25, 0.3) is 0 Å². The van der Waals surface area contributed by atoms with Gasteiger partial charge in [-0.3, -0.25) is 23.4 Å². The standard InChI is InChI=1S/C25H30FN2O14P/c1-24-19(40-23(33-2)42-24)25(13-26,41-20(24)28-9-8-18(29)27-21(28)30)14-37-43(32,36-10-16-6-4-3-5-7-16)38-15-35-22(31)39-17-11-34-12-17/h3-9,17,19-20,23H,10-15H2,1-2H3,(H,27,29,30)/t19-,20+,23?,24+,25+,43?/m0/s1. The Morgan fingerprint density at radius 1 is 1.14 bits per heavy atom. The zero-order valence-corrected chi connectivity index (χ0v) is 24.0. The van der Waals surface area contributed by atoms with Crippen molar-refractivity contribution in [1.82, 2.24) is 9.55 Å². The van der Waals surface area contributed by atoms with Crippen LogP contribution in [-0.2, 0) is 57.9 Å². The van der Waals surface area contributed by atoms with Crippen molar-refractivity contribution in [1.29, 1.82) is 0 Å². The number of halogens is 1. The molecule has 0 spiro atoms. The lowest BCUT2D eigenvalue weighted by molar-refractivity contribution is -0.282. The minimum Gasteiger partial charge on any atom is -0.426 e. The number of H-pyrrole nitrogens is 1. The van der Waals surface area contributed by atoms with Crippen molar-refractivity contribution >= 4 is 14.0 Å². The SMILES string of the molecule is COC1O[C@@H]2[C@@](CF)(COP(=O)(OCOC(=O)OC3COC3)OCc3ccccc3)O[C@@H](n3ccc(=O)[nH]c3=O)[C@]2(C)O1. The summed E-state index contributed by atoms with van der Waals surface area (Å²) in [6, 6.07) is 9.67. The molecule has 1 N–H and O–H groups in total. The maximum absolute atomic E-state index is 15.0. The number of nitrogens with one attached hydrogen (secondary N) is 1. The van der Waals surface area contributed by atoms with E-state index in [0.717, 1.165) is 16.8 Å². The molecule has 18 heteroatoms. The molecule has 4 heterocycles. The number of phosphoric ester groups is 1. The Morgan fingerprint density at radius 3 is 2.56 bits per heavy atom. The quantitative estimate of drug-likeness (QED) is 0.192. The second-order valence-corrected chi connectivity index (χ2v) is 11.6. The van der Waals surface area contributed by atoms with Gasteiger partial charge >= 0.3 is 19.7 Å². The second kappa shape index (κ2) is 12.9. The van der Waals surface area contributed by atoms with Gasteiger partial charge in [0.25, 0.3) is 12.0 Å². The highest BCUT2D eigenvalue weighted by Gasteiger charge is 2.70. The number of methoxy groups -OCH3 is 1. The minimum atomic E-state index is -4.61. The van der Waals surface area contributed by atoms with Gasteiger partial charge in [0.1, 0.15) is 18.4 Å². The number of carbonyl (C=O) groups excluding carboxylic acids is 1. The molecule has 43 heavy (non-hydrogen) atoms. The summed E-state index contributed by atoms with van der Waals surface area (Å²) in [5.74, 6) is 0. The summed E-state index contributed by atoms with van der Waals surface area (Å²) < 4.78 is 83.4. The number of hydrogen-bond acceptors (Lipinski definition) is 14. The van der Waals surface area contributed by atoms with Crippen LogP contribution in [-0.4, -0.2) is 86.0 Å². The Labute approximate surface area is 243 Å². The van der Waals surface area contributed by atoms with E-state index in [1.807, 2.05) is 0 Å². The highest BCUT2D eigenvalue weighted by molar-refractivity contribution is 7.48. The Hall–Kier alpha value is -2.99. The fourth-order valence-electron chi connectivity index (χ4n) is 4.70. The normalized spacial score (nSPS) is 29.9. The molecule has 3 aliphatic heterocycles. The number of hydrogen-bond donors (Lipinski definition) is 1. The van der Waals surface area contributed by atoms with E-state index >= 15 is 0 Å². The molecule has 1 aromatic heterocycles. The van der Waals surface area contributed by atoms with E-state index < -0.39 is 81.4 Å². The number of rotatable bonds is 13. The zero-order valence-electron chi connectivity index (χ0n) is 23.1. The molecular weight excluding hydrogens is 602 g/mol. The van der Waals surface area contributed by atoms with Gasteiger partial charge < -0.3 is 33.2 Å². The number of alkyl halides is 1. The number of phosphoric acid groups is 1. The van der Waals surface area contributed by atoms with Gasteiger partial charge in [-0.25, -0.2) is 23.1 Å². The van der Waals surface area contributed by atoms with Gasteiger partial charge in [-0.15, -0.1) is 0 Å². The van der Waals surface area contributed by atoms with Gasteiger partial charge in [-0.05, 0) is 12.5 Å². The van der Waals surface area contributed by atoms with Gasteiger partial charge in [0, 0.05) is 19.4 Å². The molecule has 3 fully saturated rings. The summed E-state index contributed by atoms with van der Waals surface area (Å²) >= 11 is 0. The molecule has 1 aromatic carbocycles. The first-order valence-electron chi connectivity index (χ1n) is 13.0. The topological polar surface area (TPSA) is 181 Å². The number of ether oxygens (including phenoxy) is 7. The molecule has 0 radical (unpaired) electrons. The predicted molar refractivity (Wildman–Crippen MR) is 138 cm³/mol. The largest absolute Gasteiger partial charge is 0.510 e. The highest BCUT2D eigenvalue weighted by atomic mass is 31.2. The van der Waals surface area contributed by atoms with E-state index in [1.54, 1.807) is 30.3 Å². The van der Waals surface area contributed by atoms with E-state index in [0.29, 0.717) is 5.56 Å². The minimum absolute atomic E-state index is 0.213. The number of benzene rings is 1. The predicted octanol–water partition coefficient (Wildman–Crippen LogP) is 1.75. The maximum Gasteiger partial charge on any atom is 0.510 e. The lowest BCUT2D eigenvalue weighted by Gasteiger charge is -2.31. The summed E-state index contributed by atoms with van der Waals surface area (Å²) in [7, 11) is -3.33. The van der Waals surface area contributed by atoms with Crippen molar-refractivity contribution in [3.8, 4) is 0 Å².